The molecule has 9 heteroatoms. The van der Waals surface area contributed by atoms with Gasteiger partial charge in [0.2, 0.25) is 0 Å². The third-order valence-electron chi connectivity index (χ3n) is 4.29. The van der Waals surface area contributed by atoms with Crippen LogP contribution < -0.4 is 5.32 Å². The van der Waals surface area contributed by atoms with Crippen molar-refractivity contribution in [1.82, 2.24) is 10.2 Å². The van der Waals surface area contributed by atoms with Gasteiger partial charge in [-0.2, -0.15) is 0 Å². The molecule has 1 amide bonds. The lowest BCUT2D eigenvalue weighted by Gasteiger charge is -2.26. The van der Waals surface area contributed by atoms with E-state index in [1.165, 1.54) is 17.8 Å². The molecule has 0 aliphatic carbocycles. The van der Waals surface area contributed by atoms with Crippen LogP contribution in [-0.2, 0) is 4.74 Å². The van der Waals surface area contributed by atoms with Gasteiger partial charge < -0.3 is 10.1 Å². The van der Waals surface area contributed by atoms with E-state index in [-0.39, 0.29) is 17.2 Å². The zero-order chi connectivity index (χ0) is 19.9. The largest absolute Gasteiger partial charge is 0.379 e. The van der Waals surface area contributed by atoms with Gasteiger partial charge in [0.15, 0.2) is 0 Å². The van der Waals surface area contributed by atoms with Crippen molar-refractivity contribution in [3.8, 4) is 0 Å². The summed E-state index contributed by atoms with van der Waals surface area (Å²) in [6.07, 6.45) is 0. The number of carbonyl (C=O) groups is 1. The first-order valence-electron chi connectivity index (χ1n) is 8.84. The number of amides is 1. The SMILES string of the molecule is O=C(NCCN1CCOCC1)c1ccc(Sc2ccccc2Cl)c([N+](=O)[O-])c1. The van der Waals surface area contributed by atoms with Crippen molar-refractivity contribution < 1.29 is 14.5 Å². The molecule has 1 N–H and O–H groups in total. The third kappa shape index (κ3) is 5.45. The van der Waals surface area contributed by atoms with Gasteiger partial charge in [-0.25, -0.2) is 0 Å². The normalized spacial score (nSPS) is 14.6. The van der Waals surface area contributed by atoms with E-state index in [0.717, 1.165) is 24.5 Å². The van der Waals surface area contributed by atoms with E-state index in [9.17, 15) is 14.9 Å². The number of rotatable bonds is 7. The van der Waals surface area contributed by atoms with Gasteiger partial charge >= 0.3 is 0 Å². The molecule has 1 fully saturated rings. The maximum atomic E-state index is 12.4. The average Bonchev–Trinajstić information content (AvgIpc) is 2.70. The molecular weight excluding hydrogens is 402 g/mol. The summed E-state index contributed by atoms with van der Waals surface area (Å²) >= 11 is 7.34. The predicted molar refractivity (Wildman–Crippen MR) is 108 cm³/mol. The molecule has 148 valence electrons. The van der Waals surface area contributed by atoms with Gasteiger partial charge in [0.25, 0.3) is 11.6 Å². The lowest BCUT2D eigenvalue weighted by molar-refractivity contribution is -0.387. The molecule has 0 bridgehead atoms. The predicted octanol–water partition coefficient (Wildman–Crippen LogP) is 3.46. The molecular formula is C19H20ClN3O4S. The summed E-state index contributed by atoms with van der Waals surface area (Å²) in [6, 6.07) is 11.6. The number of nitro benzene ring substituents is 1. The van der Waals surface area contributed by atoms with E-state index in [4.69, 9.17) is 16.3 Å². The Morgan fingerprint density at radius 2 is 1.96 bits per heavy atom. The fraction of sp³-hybridized carbons (Fsp3) is 0.316. The number of halogens is 1. The van der Waals surface area contributed by atoms with Crippen LogP contribution in [0.4, 0.5) is 5.69 Å². The number of carbonyl (C=O) groups excluding carboxylic acids is 1. The van der Waals surface area contributed by atoms with Crippen molar-refractivity contribution in [1.29, 1.82) is 0 Å². The molecule has 0 aromatic heterocycles. The van der Waals surface area contributed by atoms with Gasteiger partial charge in [0, 0.05) is 42.7 Å². The van der Waals surface area contributed by atoms with Gasteiger partial charge in [-0.1, -0.05) is 35.5 Å². The number of hydrogen-bond donors (Lipinski definition) is 1. The van der Waals surface area contributed by atoms with Gasteiger partial charge in [0.1, 0.15) is 0 Å². The van der Waals surface area contributed by atoms with Crippen molar-refractivity contribution in [2.24, 2.45) is 0 Å². The second-order valence-corrected chi connectivity index (χ2v) is 7.67. The van der Waals surface area contributed by atoms with Gasteiger partial charge in [-0.3, -0.25) is 19.8 Å². The minimum Gasteiger partial charge on any atom is -0.379 e. The van der Waals surface area contributed by atoms with E-state index in [2.05, 4.69) is 10.2 Å². The molecule has 2 aromatic rings. The molecule has 0 unspecified atom stereocenters. The Hall–Kier alpha value is -2.13. The fourth-order valence-corrected chi connectivity index (χ4v) is 3.96. The number of nitro groups is 1. The first kappa shape index (κ1) is 20.6. The molecule has 1 saturated heterocycles. The van der Waals surface area contributed by atoms with Crippen LogP contribution in [0.2, 0.25) is 5.02 Å². The van der Waals surface area contributed by atoms with E-state index in [1.807, 2.05) is 6.07 Å². The van der Waals surface area contributed by atoms with Crippen molar-refractivity contribution in [3.05, 3.63) is 63.2 Å². The van der Waals surface area contributed by atoms with Gasteiger partial charge in [0.05, 0.1) is 28.1 Å². The first-order valence-corrected chi connectivity index (χ1v) is 10.0. The monoisotopic (exact) mass is 421 g/mol. The Balaban J connectivity index is 1.66. The minimum absolute atomic E-state index is 0.120. The third-order valence-corrected chi connectivity index (χ3v) is 5.87. The molecule has 28 heavy (non-hydrogen) atoms. The Morgan fingerprint density at radius 1 is 1.21 bits per heavy atom. The molecule has 1 heterocycles. The lowest BCUT2D eigenvalue weighted by Crippen LogP contribution is -2.41. The van der Waals surface area contributed by atoms with Crippen LogP contribution in [0.15, 0.2) is 52.3 Å². The van der Waals surface area contributed by atoms with Crippen molar-refractivity contribution in [2.45, 2.75) is 9.79 Å². The number of hydrogen-bond acceptors (Lipinski definition) is 6. The number of ether oxygens (including phenoxy) is 1. The van der Waals surface area contributed by atoms with Crippen LogP contribution in [0.25, 0.3) is 0 Å². The van der Waals surface area contributed by atoms with E-state index < -0.39 is 4.92 Å². The average molecular weight is 422 g/mol. The summed E-state index contributed by atoms with van der Waals surface area (Å²) in [4.78, 5) is 26.8. The second kappa shape index (κ2) is 9.88. The molecule has 3 rings (SSSR count). The molecule has 0 radical (unpaired) electrons. The molecule has 0 spiro atoms. The summed E-state index contributed by atoms with van der Waals surface area (Å²) < 4.78 is 5.29. The highest BCUT2D eigenvalue weighted by Gasteiger charge is 2.19. The zero-order valence-electron chi connectivity index (χ0n) is 15.1. The van der Waals surface area contributed by atoms with Crippen LogP contribution in [-0.4, -0.2) is 55.1 Å². The van der Waals surface area contributed by atoms with Crippen LogP contribution >= 0.6 is 23.4 Å². The Morgan fingerprint density at radius 3 is 2.68 bits per heavy atom. The highest BCUT2D eigenvalue weighted by atomic mass is 35.5. The molecule has 0 atom stereocenters. The maximum absolute atomic E-state index is 12.4. The minimum atomic E-state index is -0.482. The molecule has 7 nitrogen and oxygen atoms in total. The summed E-state index contributed by atoms with van der Waals surface area (Å²) in [5, 5.41) is 14.8. The van der Waals surface area contributed by atoms with E-state index in [1.54, 1.807) is 30.3 Å². The standard InChI is InChI=1S/C19H20ClN3O4S/c20-15-3-1-2-4-17(15)28-18-6-5-14(13-16(18)23(25)26)19(24)21-7-8-22-9-11-27-12-10-22/h1-6,13H,7-12H2,(H,21,24). The van der Waals surface area contributed by atoms with Crippen molar-refractivity contribution in [2.75, 3.05) is 39.4 Å². The fourth-order valence-electron chi connectivity index (χ4n) is 2.79. The zero-order valence-corrected chi connectivity index (χ0v) is 16.7. The van der Waals surface area contributed by atoms with Crippen molar-refractivity contribution in [3.63, 3.8) is 0 Å². The van der Waals surface area contributed by atoms with E-state index >= 15 is 0 Å². The number of benzene rings is 2. The highest BCUT2D eigenvalue weighted by Crippen LogP contribution is 2.38. The lowest BCUT2D eigenvalue weighted by atomic mass is 10.2. The Kier molecular flexibility index (Phi) is 7.27. The molecule has 2 aromatic carbocycles. The van der Waals surface area contributed by atoms with Crippen LogP contribution in [0, 0.1) is 10.1 Å². The molecule has 1 aliphatic rings. The summed E-state index contributed by atoms with van der Waals surface area (Å²) in [5.41, 5.74) is 0.142. The maximum Gasteiger partial charge on any atom is 0.284 e. The smallest absolute Gasteiger partial charge is 0.284 e. The van der Waals surface area contributed by atoms with Crippen LogP contribution in [0.1, 0.15) is 10.4 Å². The Bertz CT molecular complexity index is 859. The number of morpholine rings is 1. The second-order valence-electron chi connectivity index (χ2n) is 6.18. The highest BCUT2D eigenvalue weighted by molar-refractivity contribution is 7.99. The van der Waals surface area contributed by atoms with Crippen molar-refractivity contribution >= 4 is 35.0 Å². The van der Waals surface area contributed by atoms with E-state index in [0.29, 0.717) is 29.7 Å². The van der Waals surface area contributed by atoms with Crippen LogP contribution in [0.5, 0.6) is 0 Å². The van der Waals surface area contributed by atoms with Crippen LogP contribution in [0.3, 0.4) is 0 Å². The quantitative estimate of drug-likeness (QED) is 0.544. The topological polar surface area (TPSA) is 84.7 Å². The summed E-state index contributed by atoms with van der Waals surface area (Å²) in [6.45, 7) is 4.28. The summed E-state index contributed by atoms with van der Waals surface area (Å²) in [5.74, 6) is -0.328. The Labute approximate surface area is 172 Å². The van der Waals surface area contributed by atoms with Gasteiger partial charge in [-0.05, 0) is 24.3 Å². The van der Waals surface area contributed by atoms with Gasteiger partial charge in [-0.15, -0.1) is 0 Å². The molecule has 0 saturated carbocycles. The molecule has 1 aliphatic heterocycles. The number of nitrogens with one attached hydrogen (secondary N) is 1. The first-order chi connectivity index (χ1) is 13.5. The summed E-state index contributed by atoms with van der Waals surface area (Å²) in [7, 11) is 0. The number of nitrogens with zero attached hydrogens (tertiary/aromatic N) is 2.